The van der Waals surface area contributed by atoms with Crippen molar-refractivity contribution in [1.29, 1.82) is 0 Å². The Labute approximate surface area is 147 Å². The van der Waals surface area contributed by atoms with Crippen LogP contribution in [0.3, 0.4) is 0 Å². The summed E-state index contributed by atoms with van der Waals surface area (Å²) in [6, 6.07) is -2.80. The minimum absolute atomic E-state index is 0. The van der Waals surface area contributed by atoms with E-state index in [1.807, 2.05) is 0 Å². The Morgan fingerprint density at radius 3 is 1.05 bits per heavy atom. The van der Waals surface area contributed by atoms with E-state index in [4.69, 9.17) is 21.7 Å². The molecule has 13 heteroatoms. The zero-order valence-corrected chi connectivity index (χ0v) is 13.6. The first-order valence-corrected chi connectivity index (χ1v) is 4.44. The summed E-state index contributed by atoms with van der Waals surface area (Å²) in [5.41, 5.74) is 9.55. The van der Waals surface area contributed by atoms with E-state index in [-0.39, 0.29) is 47.9 Å². The number of hydrogen-bond donors (Lipinski definition) is 4. The van der Waals surface area contributed by atoms with Crippen LogP contribution in [0, 0.1) is 0 Å². The van der Waals surface area contributed by atoms with Crippen LogP contribution in [-0.2, 0) is 19.2 Å². The average Bonchev–Trinajstić information content (AvgIpc) is 2.16. The summed E-state index contributed by atoms with van der Waals surface area (Å²) in [7, 11) is 0. The van der Waals surface area contributed by atoms with Gasteiger partial charge in [-0.1, -0.05) is 0 Å². The molecule has 10 nitrogen and oxygen atoms in total. The standard InChI is InChI=1S/2C4H7NO4.2ClH.Mg/c2*5-2(4(8)9)1-3(6)7;;;/h2*2H,1,5H2,(H,6,7)(H,8,9);2*1H;/q;;;;+2/p-2/t2*2-;;;/m00.../s1. The minimum Gasteiger partial charge on any atom is -0.548 e. The van der Waals surface area contributed by atoms with Crippen molar-refractivity contribution in [2.45, 2.75) is 24.9 Å². The Morgan fingerprint density at radius 2 is 1.00 bits per heavy atom. The molecule has 0 saturated carbocycles. The molecule has 0 saturated heterocycles. The maximum atomic E-state index is 9.74. The van der Waals surface area contributed by atoms with Crippen LogP contribution in [0.4, 0.5) is 0 Å². The Kier molecular flexibility index (Phi) is 26.4. The zero-order chi connectivity index (χ0) is 14.9. The van der Waals surface area contributed by atoms with Gasteiger partial charge >= 0.3 is 35.0 Å². The van der Waals surface area contributed by atoms with Gasteiger partial charge in [0.25, 0.3) is 0 Å². The van der Waals surface area contributed by atoms with Crippen LogP contribution in [0.15, 0.2) is 0 Å². The van der Waals surface area contributed by atoms with E-state index in [1.165, 1.54) is 0 Å². The van der Waals surface area contributed by atoms with E-state index in [0.717, 1.165) is 0 Å². The molecule has 0 heterocycles. The van der Waals surface area contributed by atoms with Gasteiger partial charge in [-0.3, -0.25) is 9.59 Å². The van der Waals surface area contributed by atoms with Crippen molar-refractivity contribution in [2.75, 3.05) is 0 Å². The number of nitrogens with two attached hydrogens (primary N) is 2. The quantitative estimate of drug-likeness (QED) is 0.333. The topological polar surface area (TPSA) is 207 Å². The van der Waals surface area contributed by atoms with Crippen LogP contribution in [0.1, 0.15) is 12.8 Å². The van der Waals surface area contributed by atoms with E-state index in [0.29, 0.717) is 0 Å². The third-order valence-electron chi connectivity index (χ3n) is 1.39. The predicted octanol–water partition coefficient (Wildman–Crippen LogP) is -4.46. The second kappa shape index (κ2) is 17.2. The molecule has 0 fully saturated rings. The van der Waals surface area contributed by atoms with Crippen molar-refractivity contribution in [3.05, 3.63) is 0 Å². The third-order valence-corrected chi connectivity index (χ3v) is 1.39. The van der Waals surface area contributed by atoms with Crippen LogP contribution in [-0.4, -0.2) is 69.2 Å². The van der Waals surface area contributed by atoms with Crippen molar-refractivity contribution < 1.29 is 39.6 Å². The predicted molar refractivity (Wildman–Crippen MR) is 70.7 cm³/mol. The van der Waals surface area contributed by atoms with Gasteiger partial charge in [0, 0.05) is 0 Å². The smallest absolute Gasteiger partial charge is 0.548 e. The molecule has 0 unspecified atom stereocenters. The number of hydrogen-bond acceptors (Lipinski definition) is 8. The third kappa shape index (κ3) is 24.5. The van der Waals surface area contributed by atoms with Crippen molar-refractivity contribution in [3.8, 4) is 0 Å². The first-order valence-electron chi connectivity index (χ1n) is 4.44. The molecule has 0 aromatic heterocycles. The number of carbonyl (C=O) groups excluding carboxylic acids is 2. The molecule has 0 spiro atoms. The van der Waals surface area contributed by atoms with Crippen LogP contribution >= 0.6 is 24.8 Å². The van der Waals surface area contributed by atoms with Gasteiger partial charge in [0.05, 0.1) is 36.9 Å². The van der Waals surface area contributed by atoms with Crippen molar-refractivity contribution in [2.24, 2.45) is 11.5 Å². The van der Waals surface area contributed by atoms with Crippen molar-refractivity contribution >= 4 is 71.7 Å². The molecule has 2 atom stereocenters. The van der Waals surface area contributed by atoms with Gasteiger partial charge in [0.2, 0.25) is 0 Å². The number of aliphatic carboxylic acids is 4. The first-order chi connectivity index (χ1) is 8.07. The van der Waals surface area contributed by atoms with E-state index in [9.17, 15) is 29.4 Å². The molecule has 0 amide bonds. The summed E-state index contributed by atoms with van der Waals surface area (Å²) in [4.78, 5) is 39.0. The molecule has 0 radical (unpaired) electrons. The molecule has 0 bridgehead atoms. The molecule has 0 aromatic carbocycles. The molecule has 0 aliphatic carbocycles. The summed E-state index contributed by atoms with van der Waals surface area (Å²) in [5, 5.41) is 35.4. The van der Waals surface area contributed by atoms with E-state index >= 15 is 0 Å². The Morgan fingerprint density at radius 1 is 0.810 bits per heavy atom. The van der Waals surface area contributed by atoms with Gasteiger partial charge in [-0.05, 0) is 0 Å². The molecule has 0 aliphatic heterocycles. The maximum Gasteiger partial charge on any atom is 2.00 e. The van der Waals surface area contributed by atoms with Crippen LogP contribution in [0.5, 0.6) is 0 Å². The average molecular weight is 361 g/mol. The second-order valence-electron chi connectivity index (χ2n) is 3.05. The molecule has 0 rings (SSSR count). The minimum atomic E-state index is -1.54. The Bertz CT molecular complexity index is 312. The number of carboxylic acids is 4. The van der Waals surface area contributed by atoms with E-state index in [1.54, 1.807) is 0 Å². The molecule has 120 valence electrons. The van der Waals surface area contributed by atoms with Gasteiger partial charge < -0.3 is 41.5 Å². The number of carboxylic acid groups (broad SMARTS) is 4. The summed E-state index contributed by atoms with van der Waals surface area (Å²) >= 11 is 0. The van der Waals surface area contributed by atoms with E-state index in [2.05, 4.69) is 0 Å². The fourth-order valence-electron chi connectivity index (χ4n) is 0.543. The van der Waals surface area contributed by atoms with Gasteiger partial charge in [-0.2, -0.15) is 0 Å². The normalized spacial score (nSPS) is 10.8. The van der Waals surface area contributed by atoms with E-state index < -0.39 is 48.8 Å². The maximum absolute atomic E-state index is 9.74. The molecule has 0 aromatic rings. The Balaban J connectivity index is -0.0000000711. The molecule has 21 heavy (non-hydrogen) atoms. The summed E-state index contributed by atoms with van der Waals surface area (Å²) in [5.74, 6) is -5.58. The monoisotopic (exact) mass is 360 g/mol. The largest absolute Gasteiger partial charge is 2.00 e. The fourth-order valence-corrected chi connectivity index (χ4v) is 0.543. The fraction of sp³-hybridized carbons (Fsp3) is 0.500. The van der Waals surface area contributed by atoms with Gasteiger partial charge in [-0.25, -0.2) is 0 Å². The second-order valence-corrected chi connectivity index (χ2v) is 3.05. The van der Waals surface area contributed by atoms with Gasteiger partial charge in [0.15, 0.2) is 0 Å². The summed E-state index contributed by atoms with van der Waals surface area (Å²) in [6.45, 7) is 0. The number of carbonyl (C=O) groups is 4. The molecular formula is C8H14Cl2MgN2O8. The summed E-state index contributed by atoms with van der Waals surface area (Å²) in [6.07, 6.45) is -1.19. The number of rotatable bonds is 6. The van der Waals surface area contributed by atoms with Crippen LogP contribution < -0.4 is 21.7 Å². The summed E-state index contributed by atoms with van der Waals surface area (Å²) < 4.78 is 0. The van der Waals surface area contributed by atoms with Crippen LogP contribution in [0.25, 0.3) is 0 Å². The van der Waals surface area contributed by atoms with Gasteiger partial charge in [-0.15, -0.1) is 24.8 Å². The van der Waals surface area contributed by atoms with Gasteiger partial charge in [0.1, 0.15) is 0 Å². The molecule has 6 N–H and O–H groups in total. The zero-order valence-electron chi connectivity index (χ0n) is 10.6. The molecular weight excluding hydrogens is 347 g/mol. The van der Waals surface area contributed by atoms with Crippen molar-refractivity contribution in [1.82, 2.24) is 0 Å². The van der Waals surface area contributed by atoms with Crippen molar-refractivity contribution in [3.63, 3.8) is 0 Å². The molecule has 0 aliphatic rings. The SMILES string of the molecule is Cl.Cl.N[C@@H](CC(=O)O)C(=O)[O-].N[C@@H](CC(=O)O)C(=O)[O-].[Mg+2]. The number of halogens is 2. The van der Waals surface area contributed by atoms with Crippen LogP contribution in [0.2, 0.25) is 0 Å². The first kappa shape index (κ1) is 32.2. The Hall–Kier alpha value is -0.854.